The first-order valence-electron chi connectivity index (χ1n) is 7.24. The molecule has 1 aliphatic heterocycles. The number of aryl methyl sites for hydroxylation is 2. The third-order valence-corrected chi connectivity index (χ3v) is 3.72. The molecule has 3 rings (SSSR count). The van der Waals surface area contributed by atoms with Crippen molar-refractivity contribution >= 4 is 5.91 Å². The molecule has 1 saturated heterocycles. The first kappa shape index (κ1) is 14.5. The zero-order chi connectivity index (χ0) is 15.7. The Hall–Kier alpha value is -2.44. The van der Waals surface area contributed by atoms with Gasteiger partial charge >= 0.3 is 0 Å². The lowest BCUT2D eigenvalue weighted by Gasteiger charge is -2.30. The Bertz CT molecular complexity index is 749. The fourth-order valence-corrected chi connectivity index (χ4v) is 2.72. The zero-order valence-electron chi connectivity index (χ0n) is 12.5. The molecule has 1 unspecified atom stereocenters. The molecule has 1 atom stereocenters. The molecule has 116 valence electrons. The molecule has 1 amide bonds. The summed E-state index contributed by atoms with van der Waals surface area (Å²) >= 11 is 0. The van der Waals surface area contributed by atoms with Gasteiger partial charge in [-0.15, -0.1) is 0 Å². The van der Waals surface area contributed by atoms with E-state index in [0.29, 0.717) is 30.6 Å². The summed E-state index contributed by atoms with van der Waals surface area (Å²) in [4.78, 5) is 30.0. The molecule has 7 heteroatoms. The van der Waals surface area contributed by atoms with Gasteiger partial charge in [-0.05, 0) is 19.8 Å². The van der Waals surface area contributed by atoms with E-state index in [0.717, 1.165) is 12.8 Å². The third-order valence-electron chi connectivity index (χ3n) is 3.72. The predicted molar refractivity (Wildman–Crippen MR) is 76.6 cm³/mol. The topological polar surface area (TPSA) is 89.4 Å². The van der Waals surface area contributed by atoms with Crippen LogP contribution in [0.3, 0.4) is 0 Å². The van der Waals surface area contributed by atoms with E-state index < -0.39 is 0 Å². The van der Waals surface area contributed by atoms with Crippen molar-refractivity contribution in [2.24, 2.45) is 0 Å². The van der Waals surface area contributed by atoms with E-state index in [4.69, 9.17) is 8.94 Å². The van der Waals surface area contributed by atoms with Crippen LogP contribution in [-0.2, 0) is 0 Å². The van der Waals surface area contributed by atoms with Crippen LogP contribution in [-0.4, -0.2) is 34.0 Å². The van der Waals surface area contributed by atoms with Gasteiger partial charge in [0.05, 0.1) is 0 Å². The van der Waals surface area contributed by atoms with Crippen molar-refractivity contribution in [1.29, 1.82) is 0 Å². The first-order chi connectivity index (χ1) is 10.5. The SMILES string of the molecule is Cc1cc(=O)cc(C(=O)N2CCCC(c3noc(C)n3)C2)o1. The van der Waals surface area contributed by atoms with Crippen LogP contribution in [0.4, 0.5) is 0 Å². The fraction of sp³-hybridized carbons (Fsp3) is 0.467. The van der Waals surface area contributed by atoms with E-state index in [1.807, 2.05) is 0 Å². The van der Waals surface area contributed by atoms with Gasteiger partial charge in [0.2, 0.25) is 5.89 Å². The minimum absolute atomic E-state index is 0.0479. The van der Waals surface area contributed by atoms with Crippen LogP contribution in [0.2, 0.25) is 0 Å². The molecule has 1 aliphatic rings. The molecule has 0 aliphatic carbocycles. The number of rotatable bonds is 2. The van der Waals surface area contributed by atoms with Crippen molar-refractivity contribution < 1.29 is 13.7 Å². The number of hydrogen-bond acceptors (Lipinski definition) is 6. The summed E-state index contributed by atoms with van der Waals surface area (Å²) in [6.45, 7) is 4.52. The predicted octanol–water partition coefficient (Wildman–Crippen LogP) is 1.66. The average molecular weight is 303 g/mol. The van der Waals surface area contributed by atoms with Crippen LogP contribution >= 0.6 is 0 Å². The molecule has 0 spiro atoms. The monoisotopic (exact) mass is 303 g/mol. The van der Waals surface area contributed by atoms with Crippen molar-refractivity contribution in [2.75, 3.05) is 13.1 Å². The van der Waals surface area contributed by atoms with E-state index >= 15 is 0 Å². The molecule has 7 nitrogen and oxygen atoms in total. The molecular formula is C15H17N3O4. The number of aromatic nitrogens is 2. The van der Waals surface area contributed by atoms with Gasteiger partial charge in [-0.2, -0.15) is 4.98 Å². The molecule has 0 saturated carbocycles. The fourth-order valence-electron chi connectivity index (χ4n) is 2.72. The molecule has 2 aromatic heterocycles. The van der Waals surface area contributed by atoms with Crippen molar-refractivity contribution in [3.8, 4) is 0 Å². The maximum atomic E-state index is 12.5. The summed E-state index contributed by atoms with van der Waals surface area (Å²) in [6.07, 6.45) is 1.75. The second-order valence-electron chi connectivity index (χ2n) is 5.53. The number of amides is 1. The minimum atomic E-state index is -0.272. The maximum absolute atomic E-state index is 12.5. The highest BCUT2D eigenvalue weighted by Gasteiger charge is 2.29. The minimum Gasteiger partial charge on any atom is -0.456 e. The highest BCUT2D eigenvalue weighted by atomic mass is 16.5. The van der Waals surface area contributed by atoms with E-state index in [1.54, 1.807) is 18.7 Å². The molecule has 22 heavy (non-hydrogen) atoms. The molecule has 0 N–H and O–H groups in total. The molecule has 0 bridgehead atoms. The van der Waals surface area contributed by atoms with E-state index in [1.165, 1.54) is 12.1 Å². The lowest BCUT2D eigenvalue weighted by molar-refractivity contribution is 0.0667. The lowest BCUT2D eigenvalue weighted by Crippen LogP contribution is -2.39. The third kappa shape index (κ3) is 2.93. The van der Waals surface area contributed by atoms with Gasteiger partial charge in [-0.1, -0.05) is 5.16 Å². The molecule has 3 heterocycles. The van der Waals surface area contributed by atoms with Crippen molar-refractivity contribution in [3.05, 3.63) is 45.6 Å². The van der Waals surface area contributed by atoms with Gasteiger partial charge in [-0.3, -0.25) is 9.59 Å². The smallest absolute Gasteiger partial charge is 0.289 e. The Morgan fingerprint density at radius 1 is 1.36 bits per heavy atom. The highest BCUT2D eigenvalue weighted by Crippen LogP contribution is 2.25. The number of piperidine rings is 1. The van der Waals surface area contributed by atoms with Crippen molar-refractivity contribution in [3.63, 3.8) is 0 Å². The van der Waals surface area contributed by atoms with E-state index in [2.05, 4.69) is 10.1 Å². The highest BCUT2D eigenvalue weighted by molar-refractivity contribution is 5.91. The average Bonchev–Trinajstić information content (AvgIpc) is 2.92. The summed E-state index contributed by atoms with van der Waals surface area (Å²) in [5.74, 6) is 1.43. The van der Waals surface area contributed by atoms with Gasteiger partial charge in [0, 0.05) is 38.1 Å². The van der Waals surface area contributed by atoms with Crippen LogP contribution < -0.4 is 5.43 Å². The van der Waals surface area contributed by atoms with Gasteiger partial charge in [0.1, 0.15) is 5.76 Å². The quantitative estimate of drug-likeness (QED) is 0.838. The standard InChI is InChI=1S/C15H17N3O4/c1-9-6-12(19)7-13(21-9)15(20)18-5-3-4-11(8-18)14-16-10(2)22-17-14/h6-7,11H,3-5,8H2,1-2H3. The van der Waals surface area contributed by atoms with Crippen molar-refractivity contribution in [2.45, 2.75) is 32.6 Å². The largest absolute Gasteiger partial charge is 0.456 e. The maximum Gasteiger partial charge on any atom is 0.289 e. The number of hydrogen-bond donors (Lipinski definition) is 0. The molecule has 0 radical (unpaired) electrons. The molecule has 0 aromatic carbocycles. The summed E-state index contributed by atoms with van der Waals surface area (Å²) < 4.78 is 10.4. The van der Waals surface area contributed by atoms with E-state index in [-0.39, 0.29) is 23.0 Å². The van der Waals surface area contributed by atoms with E-state index in [9.17, 15) is 9.59 Å². The second-order valence-corrected chi connectivity index (χ2v) is 5.53. The second kappa shape index (κ2) is 5.75. The Kier molecular flexibility index (Phi) is 3.79. The van der Waals surface area contributed by atoms with Gasteiger partial charge in [0.15, 0.2) is 17.0 Å². The Morgan fingerprint density at radius 2 is 2.18 bits per heavy atom. The molecule has 2 aromatic rings. The number of carbonyl (C=O) groups excluding carboxylic acids is 1. The number of nitrogens with zero attached hydrogens (tertiary/aromatic N) is 3. The zero-order valence-corrected chi connectivity index (χ0v) is 12.5. The number of likely N-dealkylation sites (tertiary alicyclic amines) is 1. The Balaban J connectivity index is 1.79. The van der Waals surface area contributed by atoms with Crippen LogP contribution in [0.5, 0.6) is 0 Å². The molecular weight excluding hydrogens is 286 g/mol. The van der Waals surface area contributed by atoms with Crippen molar-refractivity contribution in [1.82, 2.24) is 15.0 Å². The van der Waals surface area contributed by atoms with Crippen LogP contribution in [0.1, 0.15) is 46.8 Å². The summed E-state index contributed by atoms with van der Waals surface area (Å²) in [5.41, 5.74) is -0.227. The summed E-state index contributed by atoms with van der Waals surface area (Å²) in [6, 6.07) is 2.59. The summed E-state index contributed by atoms with van der Waals surface area (Å²) in [5, 5.41) is 3.94. The van der Waals surface area contributed by atoms with Gasteiger partial charge < -0.3 is 13.8 Å². The molecule has 1 fully saturated rings. The Labute approximate surface area is 126 Å². The number of carbonyl (C=O) groups is 1. The van der Waals surface area contributed by atoms with Crippen LogP contribution in [0.15, 0.2) is 25.9 Å². The van der Waals surface area contributed by atoms with Gasteiger partial charge in [-0.25, -0.2) is 0 Å². The van der Waals surface area contributed by atoms with Gasteiger partial charge in [0.25, 0.3) is 5.91 Å². The van der Waals surface area contributed by atoms with Crippen LogP contribution in [0, 0.1) is 13.8 Å². The summed E-state index contributed by atoms with van der Waals surface area (Å²) in [7, 11) is 0. The normalized spacial score (nSPS) is 18.5. The first-order valence-corrected chi connectivity index (χ1v) is 7.24. The Morgan fingerprint density at radius 3 is 2.86 bits per heavy atom. The lowest BCUT2D eigenvalue weighted by atomic mass is 9.97. The van der Waals surface area contributed by atoms with Crippen LogP contribution in [0.25, 0.3) is 0 Å².